The summed E-state index contributed by atoms with van der Waals surface area (Å²) >= 11 is 3.29. The molecule has 10 nitrogen and oxygen atoms in total. The summed E-state index contributed by atoms with van der Waals surface area (Å²) in [4.78, 5) is 9.07. The second kappa shape index (κ2) is 7.56. The van der Waals surface area contributed by atoms with Gasteiger partial charge in [0.2, 0.25) is 0 Å². The molecule has 32 heavy (non-hydrogen) atoms. The fourth-order valence-electron chi connectivity index (χ4n) is 3.34. The molecule has 0 aliphatic heterocycles. The summed E-state index contributed by atoms with van der Waals surface area (Å²) in [5.74, 6) is 0. The highest BCUT2D eigenvalue weighted by Crippen LogP contribution is 2.41. The summed E-state index contributed by atoms with van der Waals surface area (Å²) < 4.78 is 72.8. The molecule has 0 atom stereocenters. The van der Waals surface area contributed by atoms with Crippen molar-refractivity contribution in [2.24, 2.45) is 0 Å². The molecule has 0 saturated carbocycles. The molecule has 0 bridgehead atoms. The average molecular weight is 541 g/mol. The zero-order valence-corrected chi connectivity index (χ0v) is 18.8. The second-order valence-corrected chi connectivity index (χ2v) is 10.4. The number of halogens is 1. The third-order valence-electron chi connectivity index (χ3n) is 4.68. The van der Waals surface area contributed by atoms with E-state index in [9.17, 15) is 36.1 Å². The molecule has 0 amide bonds. The summed E-state index contributed by atoms with van der Waals surface area (Å²) in [5, 5.41) is 11.9. The third kappa shape index (κ3) is 3.96. The fraction of sp³-hybridized carbons (Fsp3) is 0. The quantitative estimate of drug-likeness (QED) is 0.123. The van der Waals surface area contributed by atoms with Gasteiger partial charge in [-0.3, -0.25) is 19.2 Å². The highest BCUT2D eigenvalue weighted by Gasteiger charge is 2.28. The standard InChI is InChI=1S/C19H10BrNO9S2/c20-10-1-4-13-16(7-10)30-17-8-11(21(22)23)2-5-14(17)19(13)15-6-3-12(31(24,25)26)9-18(15)32(27,28)29/h1-9H,(H-,24,25,26,27,28,29)/p+1. The van der Waals surface area contributed by atoms with Crippen LogP contribution in [0.15, 0.2) is 73.3 Å². The minimum absolute atomic E-state index is 0.0555. The number of non-ortho nitro benzene ring substituents is 1. The zero-order chi connectivity index (χ0) is 23.4. The monoisotopic (exact) mass is 540 g/mol. The van der Waals surface area contributed by atoms with Crippen molar-refractivity contribution in [1.29, 1.82) is 0 Å². The minimum atomic E-state index is -4.96. The molecule has 4 aromatic rings. The predicted molar refractivity (Wildman–Crippen MR) is 118 cm³/mol. The molecule has 0 spiro atoms. The molecule has 4 rings (SSSR count). The Hall–Kier alpha value is -2.97. The van der Waals surface area contributed by atoms with Crippen molar-refractivity contribution in [2.75, 3.05) is 0 Å². The lowest BCUT2D eigenvalue weighted by Gasteiger charge is -2.11. The molecule has 0 fully saturated rings. The fourth-order valence-corrected chi connectivity index (χ4v) is 4.98. The maximum Gasteiger partial charge on any atom is 0.368 e. The van der Waals surface area contributed by atoms with Gasteiger partial charge in [0.15, 0.2) is 0 Å². The number of hydrogen-bond donors (Lipinski definition) is 2. The lowest BCUT2D eigenvalue weighted by Crippen LogP contribution is -2.05. The van der Waals surface area contributed by atoms with E-state index in [2.05, 4.69) is 15.9 Å². The van der Waals surface area contributed by atoms with Crippen molar-refractivity contribution in [3.05, 3.63) is 69.2 Å². The van der Waals surface area contributed by atoms with E-state index in [-0.39, 0.29) is 33.4 Å². The van der Waals surface area contributed by atoms with Gasteiger partial charge in [-0.05, 0) is 30.3 Å². The van der Waals surface area contributed by atoms with E-state index in [1.807, 2.05) is 0 Å². The summed E-state index contributed by atoms with van der Waals surface area (Å²) in [6.45, 7) is 0. The minimum Gasteiger partial charge on any atom is -0.282 e. The molecule has 1 heterocycles. The average Bonchev–Trinajstić information content (AvgIpc) is 2.69. The van der Waals surface area contributed by atoms with E-state index in [1.54, 1.807) is 18.2 Å². The molecule has 3 aromatic carbocycles. The zero-order valence-electron chi connectivity index (χ0n) is 15.6. The Morgan fingerprint density at radius 2 is 1.47 bits per heavy atom. The number of benzene rings is 3. The molecule has 1 aromatic heterocycles. The smallest absolute Gasteiger partial charge is 0.282 e. The van der Waals surface area contributed by atoms with Crippen LogP contribution in [0.4, 0.5) is 5.69 Å². The van der Waals surface area contributed by atoms with E-state index in [0.29, 0.717) is 15.9 Å². The number of fused-ring (bicyclic) bond motifs is 2. The van der Waals surface area contributed by atoms with Gasteiger partial charge in [0.1, 0.15) is 11.0 Å². The van der Waals surface area contributed by atoms with Crippen molar-refractivity contribution < 1.29 is 35.3 Å². The Labute approximate surface area is 188 Å². The molecule has 0 aliphatic rings. The Balaban J connectivity index is 2.22. The SMILES string of the molecule is O=[N+]([O-])c1ccc2c(-c3ccc(S(=O)(=O)O)cc3S(=O)(=O)O)c3ccc(Br)cc3[o+]c2c1. The van der Waals surface area contributed by atoms with Crippen LogP contribution >= 0.6 is 15.9 Å². The summed E-state index contributed by atoms with van der Waals surface area (Å²) in [6, 6.07) is 11.3. The number of nitro benzene ring substituents is 1. The van der Waals surface area contributed by atoms with Gasteiger partial charge in [-0.1, -0.05) is 22.0 Å². The molecule has 2 N–H and O–H groups in total. The van der Waals surface area contributed by atoms with Crippen LogP contribution in [-0.2, 0) is 20.2 Å². The first-order chi connectivity index (χ1) is 14.9. The van der Waals surface area contributed by atoms with Gasteiger partial charge >= 0.3 is 11.2 Å². The number of nitrogens with zero attached hydrogens (tertiary/aromatic N) is 1. The van der Waals surface area contributed by atoms with E-state index < -0.39 is 35.0 Å². The van der Waals surface area contributed by atoms with Crippen LogP contribution < -0.4 is 0 Å². The van der Waals surface area contributed by atoms with Crippen molar-refractivity contribution in [3.8, 4) is 11.1 Å². The summed E-state index contributed by atoms with van der Waals surface area (Å²) in [7, 11) is -9.72. The number of hydrogen-bond acceptors (Lipinski definition) is 6. The molecular formula is C19H11BrNO9S2+. The van der Waals surface area contributed by atoms with E-state index in [0.717, 1.165) is 12.1 Å². The highest BCUT2D eigenvalue weighted by molar-refractivity contribution is 9.10. The van der Waals surface area contributed by atoms with Gasteiger partial charge in [-0.25, -0.2) is 4.42 Å². The Bertz CT molecular complexity index is 1670. The lowest BCUT2D eigenvalue weighted by atomic mass is 9.97. The third-order valence-corrected chi connectivity index (χ3v) is 6.91. The van der Waals surface area contributed by atoms with Crippen LogP contribution in [0.5, 0.6) is 0 Å². The van der Waals surface area contributed by atoms with Crippen LogP contribution in [0.25, 0.3) is 33.1 Å². The van der Waals surface area contributed by atoms with Crippen LogP contribution in [0, 0.1) is 10.1 Å². The highest BCUT2D eigenvalue weighted by atomic mass is 79.9. The topological polar surface area (TPSA) is 163 Å². The van der Waals surface area contributed by atoms with Crippen LogP contribution in [0.2, 0.25) is 0 Å². The van der Waals surface area contributed by atoms with Crippen molar-refractivity contribution >= 4 is 63.8 Å². The molecule has 164 valence electrons. The number of nitro groups is 1. The van der Waals surface area contributed by atoms with Gasteiger partial charge in [0.25, 0.3) is 25.9 Å². The molecule has 0 aliphatic carbocycles. The van der Waals surface area contributed by atoms with Crippen molar-refractivity contribution in [2.45, 2.75) is 9.79 Å². The van der Waals surface area contributed by atoms with Gasteiger partial charge < -0.3 is 0 Å². The summed E-state index contributed by atoms with van der Waals surface area (Å²) in [5.41, 5.74) is 0.153. The van der Waals surface area contributed by atoms with Crippen LogP contribution in [0.3, 0.4) is 0 Å². The van der Waals surface area contributed by atoms with Crippen LogP contribution in [0.1, 0.15) is 0 Å². The summed E-state index contributed by atoms with van der Waals surface area (Å²) in [6.07, 6.45) is 0. The first kappa shape index (κ1) is 22.2. The van der Waals surface area contributed by atoms with Crippen LogP contribution in [-0.4, -0.2) is 30.9 Å². The van der Waals surface area contributed by atoms with Crippen molar-refractivity contribution in [1.82, 2.24) is 0 Å². The van der Waals surface area contributed by atoms with E-state index in [4.69, 9.17) is 4.42 Å². The normalized spacial score (nSPS) is 12.3. The molecule has 0 saturated heterocycles. The van der Waals surface area contributed by atoms with E-state index in [1.165, 1.54) is 18.2 Å². The first-order valence-corrected chi connectivity index (χ1v) is 12.3. The first-order valence-electron chi connectivity index (χ1n) is 8.59. The largest absolute Gasteiger partial charge is 0.368 e. The maximum atomic E-state index is 12.1. The van der Waals surface area contributed by atoms with E-state index >= 15 is 0 Å². The van der Waals surface area contributed by atoms with Gasteiger partial charge in [0, 0.05) is 21.7 Å². The molecule has 0 unspecified atom stereocenters. The van der Waals surface area contributed by atoms with Gasteiger partial charge in [-0.15, -0.1) is 0 Å². The second-order valence-electron chi connectivity index (χ2n) is 6.66. The van der Waals surface area contributed by atoms with Gasteiger partial charge in [0.05, 0.1) is 26.7 Å². The van der Waals surface area contributed by atoms with Crippen molar-refractivity contribution in [3.63, 3.8) is 0 Å². The molecule has 13 heteroatoms. The van der Waals surface area contributed by atoms with Gasteiger partial charge in [-0.2, -0.15) is 16.8 Å². The number of rotatable bonds is 4. The Morgan fingerprint density at radius 3 is 2.06 bits per heavy atom. The maximum absolute atomic E-state index is 12.1. The molecular weight excluding hydrogens is 530 g/mol. The Morgan fingerprint density at radius 1 is 0.844 bits per heavy atom. The Kier molecular flexibility index (Phi) is 5.26. The molecule has 0 radical (unpaired) electrons. The lowest BCUT2D eigenvalue weighted by molar-refractivity contribution is -0.384. The predicted octanol–water partition coefficient (Wildman–Crippen LogP) is 4.70.